The van der Waals surface area contributed by atoms with E-state index in [0.717, 1.165) is 25.7 Å². The third kappa shape index (κ3) is 2.86. The molecule has 1 saturated carbocycles. The maximum atomic E-state index is 9.41. The predicted molar refractivity (Wildman–Crippen MR) is 65.2 cm³/mol. The maximum Gasteiger partial charge on any atom is 0.143 e. The summed E-state index contributed by atoms with van der Waals surface area (Å²) in [6.45, 7) is 0. The first-order chi connectivity index (χ1) is 8.19. The highest BCUT2D eigenvalue weighted by Gasteiger charge is 2.19. The van der Waals surface area contributed by atoms with Crippen molar-refractivity contribution in [3.05, 3.63) is 17.7 Å². The van der Waals surface area contributed by atoms with Crippen LogP contribution in [-0.4, -0.2) is 22.2 Å². The molecule has 0 radical (unpaired) electrons. The molecule has 0 amide bonds. The average molecular weight is 232 g/mol. The molecule has 1 aromatic heterocycles. The van der Waals surface area contributed by atoms with E-state index in [2.05, 4.69) is 10.3 Å². The molecule has 5 heteroatoms. The highest BCUT2D eigenvalue weighted by atomic mass is 16.3. The number of hydrogen-bond donors (Lipinski definition) is 3. The highest BCUT2D eigenvalue weighted by molar-refractivity contribution is 5.54. The molecule has 1 aliphatic carbocycles. The number of hydrogen-bond acceptors (Lipinski definition) is 5. The Morgan fingerprint density at radius 3 is 2.65 bits per heavy atom. The number of nitrogens with one attached hydrogen (secondary N) is 1. The van der Waals surface area contributed by atoms with E-state index in [1.165, 1.54) is 0 Å². The van der Waals surface area contributed by atoms with Gasteiger partial charge < -0.3 is 16.2 Å². The van der Waals surface area contributed by atoms with Crippen LogP contribution in [0.3, 0.4) is 0 Å². The molecule has 90 valence electrons. The fraction of sp³-hybridized carbons (Fsp3) is 0.500. The first-order valence-corrected chi connectivity index (χ1v) is 5.80. The van der Waals surface area contributed by atoms with Crippen molar-refractivity contribution in [2.45, 2.75) is 37.8 Å². The quantitative estimate of drug-likeness (QED) is 0.713. The number of nitrogens with zero attached hydrogens (tertiary/aromatic N) is 2. The summed E-state index contributed by atoms with van der Waals surface area (Å²) in [5.74, 6) is 0.955. The zero-order valence-corrected chi connectivity index (χ0v) is 9.56. The Labute approximate surface area is 100 Å². The first kappa shape index (κ1) is 11.7. The normalized spacial score (nSPS) is 24.0. The molecule has 0 saturated heterocycles. The van der Waals surface area contributed by atoms with E-state index in [9.17, 15) is 5.11 Å². The Hall–Kier alpha value is -1.80. The van der Waals surface area contributed by atoms with Gasteiger partial charge in [0.1, 0.15) is 17.7 Å². The minimum atomic E-state index is -0.160. The van der Waals surface area contributed by atoms with Crippen LogP contribution in [0.4, 0.5) is 11.6 Å². The second-order valence-electron chi connectivity index (χ2n) is 4.39. The molecule has 1 aliphatic rings. The molecule has 4 N–H and O–H groups in total. The molecule has 5 nitrogen and oxygen atoms in total. The molecule has 0 aromatic carbocycles. The van der Waals surface area contributed by atoms with Crippen LogP contribution in [0.15, 0.2) is 12.1 Å². The van der Waals surface area contributed by atoms with E-state index >= 15 is 0 Å². The number of nitrogen functional groups attached to an aromatic ring is 1. The predicted octanol–water partition coefficient (Wildman–Crippen LogP) is 1.25. The molecule has 0 atom stereocenters. The maximum absolute atomic E-state index is 9.41. The van der Waals surface area contributed by atoms with E-state index in [0.29, 0.717) is 17.4 Å². The number of aliphatic hydroxyl groups excluding tert-OH is 1. The molecule has 0 unspecified atom stereocenters. The molecule has 1 aromatic rings. The lowest BCUT2D eigenvalue weighted by Crippen LogP contribution is -2.28. The van der Waals surface area contributed by atoms with Crippen LogP contribution < -0.4 is 11.1 Å². The van der Waals surface area contributed by atoms with Crippen molar-refractivity contribution in [1.29, 1.82) is 5.26 Å². The van der Waals surface area contributed by atoms with E-state index in [-0.39, 0.29) is 11.9 Å². The van der Waals surface area contributed by atoms with Gasteiger partial charge in [-0.15, -0.1) is 0 Å². The summed E-state index contributed by atoms with van der Waals surface area (Å²) >= 11 is 0. The van der Waals surface area contributed by atoms with E-state index < -0.39 is 0 Å². The van der Waals surface area contributed by atoms with Crippen molar-refractivity contribution in [2.75, 3.05) is 11.1 Å². The van der Waals surface area contributed by atoms with Gasteiger partial charge in [0.25, 0.3) is 0 Å². The van der Waals surface area contributed by atoms with Crippen molar-refractivity contribution in [1.82, 2.24) is 4.98 Å². The van der Waals surface area contributed by atoms with Crippen molar-refractivity contribution in [3.8, 4) is 6.07 Å². The van der Waals surface area contributed by atoms with Crippen LogP contribution in [0.1, 0.15) is 31.2 Å². The number of pyridine rings is 1. The van der Waals surface area contributed by atoms with Gasteiger partial charge in [0.2, 0.25) is 0 Å². The number of anilines is 2. The average Bonchev–Trinajstić information content (AvgIpc) is 2.32. The Morgan fingerprint density at radius 2 is 2.06 bits per heavy atom. The summed E-state index contributed by atoms with van der Waals surface area (Å²) in [4.78, 5) is 4.14. The molecule has 0 bridgehead atoms. The molecule has 0 spiro atoms. The van der Waals surface area contributed by atoms with Crippen molar-refractivity contribution in [3.63, 3.8) is 0 Å². The number of aromatic nitrogens is 1. The van der Waals surface area contributed by atoms with E-state index in [1.54, 1.807) is 12.1 Å². The van der Waals surface area contributed by atoms with Crippen LogP contribution in [0, 0.1) is 11.3 Å². The van der Waals surface area contributed by atoms with E-state index in [4.69, 9.17) is 11.0 Å². The monoisotopic (exact) mass is 232 g/mol. The summed E-state index contributed by atoms with van der Waals surface area (Å²) in [5.41, 5.74) is 6.04. The zero-order valence-electron chi connectivity index (χ0n) is 9.56. The highest BCUT2D eigenvalue weighted by Crippen LogP contribution is 2.22. The number of aliphatic hydroxyl groups is 1. The van der Waals surface area contributed by atoms with Gasteiger partial charge in [-0.25, -0.2) is 4.98 Å². The van der Waals surface area contributed by atoms with Crippen LogP contribution in [0.2, 0.25) is 0 Å². The Balaban J connectivity index is 2.00. The smallest absolute Gasteiger partial charge is 0.143 e. The first-order valence-electron chi connectivity index (χ1n) is 5.80. The van der Waals surface area contributed by atoms with Crippen LogP contribution in [-0.2, 0) is 0 Å². The molecule has 2 rings (SSSR count). The topological polar surface area (TPSA) is 95.0 Å². The molecular weight excluding hydrogens is 216 g/mol. The number of nitrogens with two attached hydrogens (primary N) is 1. The number of rotatable bonds is 2. The number of nitriles is 1. The van der Waals surface area contributed by atoms with Crippen LogP contribution >= 0.6 is 0 Å². The van der Waals surface area contributed by atoms with Crippen molar-refractivity contribution < 1.29 is 5.11 Å². The van der Waals surface area contributed by atoms with Gasteiger partial charge in [0, 0.05) is 6.04 Å². The van der Waals surface area contributed by atoms with Gasteiger partial charge in [-0.3, -0.25) is 0 Å². The minimum Gasteiger partial charge on any atom is -0.393 e. The fourth-order valence-electron chi connectivity index (χ4n) is 2.08. The summed E-state index contributed by atoms with van der Waals surface area (Å²) in [5, 5.41) is 21.4. The van der Waals surface area contributed by atoms with Crippen molar-refractivity contribution >= 4 is 11.6 Å². The Morgan fingerprint density at radius 1 is 1.35 bits per heavy atom. The summed E-state index contributed by atoms with van der Waals surface area (Å²) in [7, 11) is 0. The second kappa shape index (κ2) is 5.02. The third-order valence-electron chi connectivity index (χ3n) is 3.09. The lowest BCUT2D eigenvalue weighted by atomic mass is 9.93. The third-order valence-corrected chi connectivity index (χ3v) is 3.09. The van der Waals surface area contributed by atoms with Gasteiger partial charge in [0.15, 0.2) is 0 Å². The second-order valence-corrected chi connectivity index (χ2v) is 4.39. The summed E-state index contributed by atoms with van der Waals surface area (Å²) in [6.07, 6.45) is 3.35. The molecule has 1 fully saturated rings. The van der Waals surface area contributed by atoms with Crippen LogP contribution in [0.5, 0.6) is 0 Å². The molecule has 0 aliphatic heterocycles. The Kier molecular flexibility index (Phi) is 3.45. The zero-order chi connectivity index (χ0) is 12.3. The standard InChI is InChI=1S/C12H16N4O/c13-7-8-1-6-11(16-12(8)14)15-9-2-4-10(17)5-3-9/h1,6,9-10,17H,2-5H2,(H3,14,15,16). The van der Waals surface area contributed by atoms with Crippen LogP contribution in [0.25, 0.3) is 0 Å². The Bertz CT molecular complexity index is 433. The molecule has 17 heavy (non-hydrogen) atoms. The van der Waals surface area contributed by atoms with Crippen molar-refractivity contribution in [2.24, 2.45) is 0 Å². The van der Waals surface area contributed by atoms with Gasteiger partial charge in [0.05, 0.1) is 11.7 Å². The summed E-state index contributed by atoms with van der Waals surface area (Å²) in [6, 6.07) is 5.75. The lowest BCUT2D eigenvalue weighted by Gasteiger charge is -2.26. The SMILES string of the molecule is N#Cc1ccc(NC2CCC(O)CC2)nc1N. The van der Waals surface area contributed by atoms with Gasteiger partial charge in [-0.05, 0) is 37.8 Å². The van der Waals surface area contributed by atoms with Gasteiger partial charge in [-0.1, -0.05) is 0 Å². The minimum absolute atomic E-state index is 0.160. The molecule has 1 heterocycles. The summed E-state index contributed by atoms with van der Waals surface area (Å²) < 4.78 is 0. The van der Waals surface area contributed by atoms with E-state index in [1.807, 2.05) is 6.07 Å². The molecular formula is C12H16N4O. The fourth-order valence-corrected chi connectivity index (χ4v) is 2.08. The van der Waals surface area contributed by atoms with Gasteiger partial charge in [-0.2, -0.15) is 5.26 Å². The largest absolute Gasteiger partial charge is 0.393 e. The van der Waals surface area contributed by atoms with Gasteiger partial charge >= 0.3 is 0 Å². The lowest BCUT2D eigenvalue weighted by molar-refractivity contribution is 0.126.